The number of hydrogen-bond donors (Lipinski definition) is 2. The average molecular weight is 217 g/mol. The Bertz CT molecular complexity index is 513. The van der Waals surface area contributed by atoms with Gasteiger partial charge in [-0.3, -0.25) is 4.79 Å². The van der Waals surface area contributed by atoms with Gasteiger partial charge in [-0.2, -0.15) is 0 Å². The summed E-state index contributed by atoms with van der Waals surface area (Å²) in [7, 11) is 0. The van der Waals surface area contributed by atoms with Gasteiger partial charge in [0, 0.05) is 11.7 Å². The normalized spacial score (nSPS) is 13.2. The lowest BCUT2D eigenvalue weighted by molar-refractivity contribution is -0.139. The summed E-state index contributed by atoms with van der Waals surface area (Å²) in [6.07, 6.45) is 1.84. The number of rotatable bonds is 3. The van der Waals surface area contributed by atoms with Crippen LogP contribution >= 0.6 is 0 Å². The number of carbonyl (C=O) groups is 1. The Morgan fingerprint density at radius 1 is 1.31 bits per heavy atom. The molecule has 0 fully saturated rings. The van der Waals surface area contributed by atoms with Gasteiger partial charge in [0.25, 0.3) is 0 Å². The fourth-order valence-electron chi connectivity index (χ4n) is 2.15. The minimum atomic E-state index is -0.767. The number of aromatic nitrogens is 1. The van der Waals surface area contributed by atoms with E-state index in [4.69, 9.17) is 0 Å². The quantitative estimate of drug-likeness (QED) is 0.830. The summed E-state index contributed by atoms with van der Waals surface area (Å²) in [6.45, 7) is 3.86. The molecule has 0 aliphatic rings. The largest absolute Gasteiger partial charge is 0.481 e. The Balaban J connectivity index is 2.60. The van der Waals surface area contributed by atoms with Crippen molar-refractivity contribution in [1.29, 1.82) is 0 Å². The number of fused-ring (bicyclic) bond motifs is 1. The van der Waals surface area contributed by atoms with E-state index in [1.165, 1.54) is 0 Å². The number of nitrogens with one attached hydrogen (secondary N) is 1. The third kappa shape index (κ3) is 1.69. The van der Waals surface area contributed by atoms with Crippen LogP contribution in [0.25, 0.3) is 10.9 Å². The van der Waals surface area contributed by atoms with Crippen molar-refractivity contribution in [3.63, 3.8) is 0 Å². The first kappa shape index (κ1) is 10.7. The highest BCUT2D eigenvalue weighted by Gasteiger charge is 2.25. The Kier molecular flexibility index (Phi) is 2.69. The first-order chi connectivity index (χ1) is 7.61. The van der Waals surface area contributed by atoms with Crippen molar-refractivity contribution in [3.05, 3.63) is 36.0 Å². The molecule has 16 heavy (non-hydrogen) atoms. The van der Waals surface area contributed by atoms with E-state index in [2.05, 4.69) is 4.98 Å². The van der Waals surface area contributed by atoms with Gasteiger partial charge in [0.05, 0.1) is 5.92 Å². The lowest BCUT2D eigenvalue weighted by atomic mass is 9.87. The van der Waals surface area contributed by atoms with Crippen LogP contribution in [0.4, 0.5) is 0 Å². The van der Waals surface area contributed by atoms with Crippen LogP contribution in [0.1, 0.15) is 25.3 Å². The Morgan fingerprint density at radius 2 is 2.06 bits per heavy atom. The monoisotopic (exact) mass is 217 g/mol. The summed E-state index contributed by atoms with van der Waals surface area (Å²) in [4.78, 5) is 14.4. The van der Waals surface area contributed by atoms with Crippen molar-refractivity contribution in [3.8, 4) is 0 Å². The van der Waals surface area contributed by atoms with Gasteiger partial charge >= 0.3 is 5.97 Å². The zero-order valence-corrected chi connectivity index (χ0v) is 9.40. The molecule has 0 radical (unpaired) electrons. The molecule has 2 N–H and O–H groups in total. The number of aromatic amines is 1. The number of para-hydroxylation sites is 1. The molecule has 3 heteroatoms. The number of aliphatic carboxylic acids is 1. The Morgan fingerprint density at radius 3 is 2.69 bits per heavy atom. The summed E-state index contributed by atoms with van der Waals surface area (Å²) in [5.41, 5.74) is 1.80. The van der Waals surface area contributed by atoms with E-state index >= 15 is 0 Å². The van der Waals surface area contributed by atoms with E-state index in [0.717, 1.165) is 16.5 Å². The number of carboxylic acid groups (broad SMARTS) is 1. The van der Waals surface area contributed by atoms with Crippen LogP contribution in [-0.4, -0.2) is 16.1 Å². The van der Waals surface area contributed by atoms with Crippen LogP contribution in [0.5, 0.6) is 0 Å². The van der Waals surface area contributed by atoms with Gasteiger partial charge in [0.2, 0.25) is 0 Å². The van der Waals surface area contributed by atoms with Gasteiger partial charge in [-0.25, -0.2) is 0 Å². The third-order valence-corrected chi connectivity index (χ3v) is 2.89. The molecule has 2 rings (SSSR count). The van der Waals surface area contributed by atoms with Gasteiger partial charge in [0.1, 0.15) is 0 Å². The van der Waals surface area contributed by atoms with Crippen molar-refractivity contribution in [2.24, 2.45) is 5.92 Å². The molecule has 0 amide bonds. The number of hydrogen-bond acceptors (Lipinski definition) is 1. The van der Waals surface area contributed by atoms with E-state index in [1.54, 1.807) is 0 Å². The molecule has 1 aromatic heterocycles. The third-order valence-electron chi connectivity index (χ3n) is 2.89. The molecule has 2 aromatic rings. The van der Waals surface area contributed by atoms with Crippen LogP contribution in [0.15, 0.2) is 30.5 Å². The standard InChI is InChI=1S/C13H15NO2/c1-8(2)11(13(15)16)10-5-3-4-9-6-7-14-12(9)10/h3-8,11,14H,1-2H3,(H,15,16). The Labute approximate surface area is 94.1 Å². The lowest BCUT2D eigenvalue weighted by Crippen LogP contribution is -2.17. The van der Waals surface area contributed by atoms with Gasteiger partial charge in [-0.15, -0.1) is 0 Å². The highest BCUT2D eigenvalue weighted by molar-refractivity contribution is 5.88. The van der Waals surface area contributed by atoms with E-state index < -0.39 is 11.9 Å². The fourth-order valence-corrected chi connectivity index (χ4v) is 2.15. The summed E-state index contributed by atoms with van der Waals surface area (Å²) < 4.78 is 0. The van der Waals surface area contributed by atoms with E-state index in [9.17, 15) is 9.90 Å². The second-order valence-electron chi connectivity index (χ2n) is 4.35. The van der Waals surface area contributed by atoms with E-state index in [-0.39, 0.29) is 5.92 Å². The van der Waals surface area contributed by atoms with E-state index in [1.807, 2.05) is 44.3 Å². The molecule has 0 saturated heterocycles. The van der Waals surface area contributed by atoms with Crippen molar-refractivity contribution in [2.45, 2.75) is 19.8 Å². The molecule has 0 aliphatic heterocycles. The van der Waals surface area contributed by atoms with Gasteiger partial charge < -0.3 is 10.1 Å². The maximum atomic E-state index is 11.3. The zero-order chi connectivity index (χ0) is 11.7. The molecular formula is C13H15NO2. The minimum absolute atomic E-state index is 0.0754. The molecule has 84 valence electrons. The van der Waals surface area contributed by atoms with Gasteiger partial charge in [-0.05, 0) is 22.9 Å². The predicted octanol–water partition coefficient (Wildman–Crippen LogP) is 2.99. The zero-order valence-electron chi connectivity index (χ0n) is 9.40. The molecule has 1 atom stereocenters. The summed E-state index contributed by atoms with van der Waals surface area (Å²) in [6, 6.07) is 7.73. The average Bonchev–Trinajstić information content (AvgIpc) is 2.65. The van der Waals surface area contributed by atoms with Crippen molar-refractivity contribution >= 4 is 16.9 Å². The molecule has 1 aromatic carbocycles. The van der Waals surface area contributed by atoms with Crippen LogP contribution in [0.3, 0.4) is 0 Å². The van der Waals surface area contributed by atoms with Crippen LogP contribution < -0.4 is 0 Å². The molecule has 0 bridgehead atoms. The summed E-state index contributed by atoms with van der Waals surface area (Å²) >= 11 is 0. The maximum Gasteiger partial charge on any atom is 0.311 e. The first-order valence-corrected chi connectivity index (χ1v) is 5.40. The second kappa shape index (κ2) is 4.00. The SMILES string of the molecule is CC(C)C(C(=O)O)c1cccc2cc[nH]c12. The van der Waals surface area contributed by atoms with Crippen LogP contribution in [0.2, 0.25) is 0 Å². The van der Waals surface area contributed by atoms with Gasteiger partial charge in [-0.1, -0.05) is 32.0 Å². The van der Waals surface area contributed by atoms with E-state index in [0.29, 0.717) is 0 Å². The lowest BCUT2D eigenvalue weighted by Gasteiger charge is -2.17. The van der Waals surface area contributed by atoms with Gasteiger partial charge in [0.15, 0.2) is 0 Å². The smallest absolute Gasteiger partial charge is 0.311 e. The molecular weight excluding hydrogens is 202 g/mol. The molecule has 1 unspecified atom stereocenters. The number of benzene rings is 1. The minimum Gasteiger partial charge on any atom is -0.481 e. The molecule has 0 saturated carbocycles. The highest BCUT2D eigenvalue weighted by Crippen LogP contribution is 2.30. The van der Waals surface area contributed by atoms with Crippen molar-refractivity contribution < 1.29 is 9.90 Å². The topological polar surface area (TPSA) is 53.1 Å². The second-order valence-corrected chi connectivity index (χ2v) is 4.35. The highest BCUT2D eigenvalue weighted by atomic mass is 16.4. The van der Waals surface area contributed by atoms with Crippen LogP contribution in [0, 0.1) is 5.92 Å². The maximum absolute atomic E-state index is 11.3. The summed E-state index contributed by atoms with van der Waals surface area (Å²) in [5, 5.41) is 10.3. The molecule has 0 spiro atoms. The predicted molar refractivity (Wildman–Crippen MR) is 63.5 cm³/mol. The van der Waals surface area contributed by atoms with Crippen LogP contribution in [-0.2, 0) is 4.79 Å². The molecule has 0 aliphatic carbocycles. The summed E-state index contributed by atoms with van der Waals surface area (Å²) in [5.74, 6) is -1.15. The number of H-pyrrole nitrogens is 1. The van der Waals surface area contributed by atoms with Crippen molar-refractivity contribution in [2.75, 3.05) is 0 Å². The molecule has 1 heterocycles. The van der Waals surface area contributed by atoms with Crippen molar-refractivity contribution in [1.82, 2.24) is 4.98 Å². The fraction of sp³-hybridized carbons (Fsp3) is 0.308. The number of carboxylic acids is 1. The first-order valence-electron chi connectivity index (χ1n) is 5.40. The Hall–Kier alpha value is -1.77. The molecule has 3 nitrogen and oxygen atoms in total.